The molecule has 0 aromatic carbocycles. The Morgan fingerprint density at radius 1 is 1.40 bits per heavy atom. The maximum Gasteiger partial charge on any atom is 0.226 e. The van der Waals surface area contributed by atoms with Gasteiger partial charge in [0.05, 0.1) is 6.54 Å². The monoisotopic (exact) mass is 280 g/mol. The topological polar surface area (TPSA) is 54.2 Å². The first-order valence-electron chi connectivity index (χ1n) is 7.89. The zero-order chi connectivity index (χ0) is 14.4. The molecule has 2 rings (SSSR count). The molecule has 2 heterocycles. The SMILES string of the molecule is CNCCC1CCCCN1Cc1noc(CC(C)C)n1. The highest BCUT2D eigenvalue weighted by molar-refractivity contribution is 4.89. The van der Waals surface area contributed by atoms with Crippen molar-refractivity contribution in [2.45, 2.75) is 58.5 Å². The van der Waals surface area contributed by atoms with Crippen LogP contribution in [0.2, 0.25) is 0 Å². The second-order valence-corrected chi connectivity index (χ2v) is 6.21. The molecule has 0 radical (unpaired) electrons. The fourth-order valence-corrected chi connectivity index (χ4v) is 2.87. The number of hydrogen-bond donors (Lipinski definition) is 1. The number of nitrogens with zero attached hydrogens (tertiary/aromatic N) is 3. The van der Waals surface area contributed by atoms with Gasteiger partial charge in [0.2, 0.25) is 5.89 Å². The second-order valence-electron chi connectivity index (χ2n) is 6.21. The van der Waals surface area contributed by atoms with Crippen LogP contribution in [0, 0.1) is 5.92 Å². The van der Waals surface area contributed by atoms with Crippen molar-refractivity contribution in [2.75, 3.05) is 20.1 Å². The van der Waals surface area contributed by atoms with Gasteiger partial charge in [-0.3, -0.25) is 4.90 Å². The van der Waals surface area contributed by atoms with Gasteiger partial charge in [0, 0.05) is 12.5 Å². The Balaban J connectivity index is 1.90. The molecule has 0 bridgehead atoms. The predicted molar refractivity (Wildman–Crippen MR) is 79.4 cm³/mol. The number of nitrogens with one attached hydrogen (secondary N) is 1. The molecule has 0 saturated carbocycles. The van der Waals surface area contributed by atoms with Crippen molar-refractivity contribution in [3.63, 3.8) is 0 Å². The van der Waals surface area contributed by atoms with E-state index in [2.05, 4.69) is 34.2 Å². The number of rotatable bonds is 7. The fraction of sp³-hybridized carbons (Fsp3) is 0.867. The average molecular weight is 280 g/mol. The lowest BCUT2D eigenvalue weighted by Crippen LogP contribution is -2.40. The molecule has 5 nitrogen and oxygen atoms in total. The summed E-state index contributed by atoms with van der Waals surface area (Å²) in [5.41, 5.74) is 0. The molecule has 1 aromatic rings. The van der Waals surface area contributed by atoms with E-state index < -0.39 is 0 Å². The Morgan fingerprint density at radius 2 is 2.25 bits per heavy atom. The van der Waals surface area contributed by atoms with Gasteiger partial charge in [0.15, 0.2) is 5.82 Å². The van der Waals surface area contributed by atoms with Crippen LogP contribution in [0.25, 0.3) is 0 Å². The third kappa shape index (κ3) is 4.56. The minimum Gasteiger partial charge on any atom is -0.339 e. The lowest BCUT2D eigenvalue weighted by molar-refractivity contribution is 0.128. The normalized spacial score (nSPS) is 20.7. The van der Waals surface area contributed by atoms with Crippen molar-refractivity contribution in [1.82, 2.24) is 20.4 Å². The van der Waals surface area contributed by atoms with Crippen molar-refractivity contribution in [3.8, 4) is 0 Å². The minimum absolute atomic E-state index is 0.557. The summed E-state index contributed by atoms with van der Waals surface area (Å²) in [4.78, 5) is 7.04. The van der Waals surface area contributed by atoms with Crippen molar-refractivity contribution in [2.24, 2.45) is 5.92 Å². The summed E-state index contributed by atoms with van der Waals surface area (Å²) < 4.78 is 5.33. The Hall–Kier alpha value is -0.940. The fourth-order valence-electron chi connectivity index (χ4n) is 2.87. The summed E-state index contributed by atoms with van der Waals surface area (Å²) in [6, 6.07) is 0.656. The lowest BCUT2D eigenvalue weighted by atomic mass is 9.99. The van der Waals surface area contributed by atoms with Crippen LogP contribution >= 0.6 is 0 Å². The summed E-state index contributed by atoms with van der Waals surface area (Å²) in [5.74, 6) is 2.18. The first-order valence-corrected chi connectivity index (χ1v) is 7.89. The standard InChI is InChI=1S/C15H28N4O/c1-12(2)10-15-17-14(18-20-15)11-19-9-5-4-6-13(19)7-8-16-3/h12-13,16H,4-11H2,1-3H3. The first-order chi connectivity index (χ1) is 9.69. The maximum absolute atomic E-state index is 5.33. The van der Waals surface area contributed by atoms with Gasteiger partial charge >= 0.3 is 0 Å². The van der Waals surface area contributed by atoms with E-state index in [4.69, 9.17) is 4.52 Å². The Labute approximate surface area is 122 Å². The van der Waals surface area contributed by atoms with E-state index in [-0.39, 0.29) is 0 Å². The van der Waals surface area contributed by atoms with Crippen molar-refractivity contribution in [3.05, 3.63) is 11.7 Å². The van der Waals surface area contributed by atoms with Crippen LogP contribution in [0.4, 0.5) is 0 Å². The zero-order valence-electron chi connectivity index (χ0n) is 13.1. The lowest BCUT2D eigenvalue weighted by Gasteiger charge is -2.34. The highest BCUT2D eigenvalue weighted by atomic mass is 16.5. The van der Waals surface area contributed by atoms with E-state index in [1.54, 1.807) is 0 Å². The van der Waals surface area contributed by atoms with Crippen molar-refractivity contribution in [1.29, 1.82) is 0 Å². The first kappa shape index (κ1) is 15.4. The molecule has 20 heavy (non-hydrogen) atoms. The Kier molecular flexibility index (Phi) is 5.98. The van der Waals surface area contributed by atoms with Crippen LogP contribution in [-0.2, 0) is 13.0 Å². The molecule has 1 aliphatic heterocycles. The maximum atomic E-state index is 5.33. The third-order valence-corrected chi connectivity index (χ3v) is 3.91. The van der Waals surface area contributed by atoms with E-state index >= 15 is 0 Å². The van der Waals surface area contributed by atoms with E-state index in [1.165, 1.54) is 25.7 Å². The summed E-state index contributed by atoms with van der Waals surface area (Å²) in [6.45, 7) is 7.40. The summed E-state index contributed by atoms with van der Waals surface area (Å²) in [5, 5.41) is 7.38. The molecule has 1 atom stereocenters. The van der Waals surface area contributed by atoms with Crippen LogP contribution in [0.1, 0.15) is 51.2 Å². The molecule has 1 saturated heterocycles. The molecule has 1 aliphatic rings. The Morgan fingerprint density at radius 3 is 3.00 bits per heavy atom. The molecule has 114 valence electrons. The van der Waals surface area contributed by atoms with Crippen LogP contribution in [-0.4, -0.2) is 41.2 Å². The molecule has 1 fully saturated rings. The van der Waals surface area contributed by atoms with Gasteiger partial charge in [0.25, 0.3) is 0 Å². The smallest absolute Gasteiger partial charge is 0.226 e. The predicted octanol–water partition coefficient (Wildman–Crippen LogP) is 2.23. The average Bonchev–Trinajstić information content (AvgIpc) is 2.84. The van der Waals surface area contributed by atoms with Crippen molar-refractivity contribution >= 4 is 0 Å². The molecule has 0 aliphatic carbocycles. The molecule has 1 N–H and O–H groups in total. The minimum atomic E-state index is 0.557. The van der Waals surface area contributed by atoms with Crippen LogP contribution < -0.4 is 5.32 Å². The van der Waals surface area contributed by atoms with E-state index in [9.17, 15) is 0 Å². The number of likely N-dealkylation sites (tertiary alicyclic amines) is 1. The molecule has 5 heteroatoms. The highest BCUT2D eigenvalue weighted by Crippen LogP contribution is 2.21. The van der Waals surface area contributed by atoms with Gasteiger partial charge in [-0.15, -0.1) is 0 Å². The van der Waals surface area contributed by atoms with Gasteiger partial charge in [-0.25, -0.2) is 0 Å². The van der Waals surface area contributed by atoms with Crippen LogP contribution in [0.3, 0.4) is 0 Å². The van der Waals surface area contributed by atoms with E-state index in [0.717, 1.165) is 37.8 Å². The molecular weight excluding hydrogens is 252 g/mol. The molecule has 1 unspecified atom stereocenters. The summed E-state index contributed by atoms with van der Waals surface area (Å²) in [7, 11) is 2.02. The van der Waals surface area contributed by atoms with Gasteiger partial charge in [-0.1, -0.05) is 25.4 Å². The molecule has 1 aromatic heterocycles. The molecule has 0 spiro atoms. The zero-order valence-corrected chi connectivity index (χ0v) is 13.1. The van der Waals surface area contributed by atoms with E-state index in [0.29, 0.717) is 12.0 Å². The van der Waals surface area contributed by atoms with Gasteiger partial charge in [-0.05, 0) is 45.3 Å². The Bertz CT molecular complexity index is 391. The van der Waals surface area contributed by atoms with E-state index in [1.807, 2.05) is 7.05 Å². The number of piperidine rings is 1. The van der Waals surface area contributed by atoms with Crippen LogP contribution in [0.5, 0.6) is 0 Å². The largest absolute Gasteiger partial charge is 0.339 e. The molecule has 0 amide bonds. The van der Waals surface area contributed by atoms with Gasteiger partial charge < -0.3 is 9.84 Å². The van der Waals surface area contributed by atoms with Crippen molar-refractivity contribution < 1.29 is 4.52 Å². The van der Waals surface area contributed by atoms with Crippen LogP contribution in [0.15, 0.2) is 4.52 Å². The highest BCUT2D eigenvalue weighted by Gasteiger charge is 2.23. The summed E-state index contributed by atoms with van der Waals surface area (Å²) >= 11 is 0. The summed E-state index contributed by atoms with van der Waals surface area (Å²) in [6.07, 6.45) is 5.99. The second kappa shape index (κ2) is 7.74. The quantitative estimate of drug-likeness (QED) is 0.830. The van der Waals surface area contributed by atoms with Gasteiger partial charge in [0.1, 0.15) is 0 Å². The number of aromatic nitrogens is 2. The van der Waals surface area contributed by atoms with Gasteiger partial charge in [-0.2, -0.15) is 4.98 Å². The molecular formula is C15H28N4O. The number of hydrogen-bond acceptors (Lipinski definition) is 5. The third-order valence-electron chi connectivity index (χ3n) is 3.91.